The van der Waals surface area contributed by atoms with Crippen LogP contribution < -0.4 is 4.90 Å². The minimum absolute atomic E-state index is 0.542. The molecule has 3 nitrogen and oxygen atoms in total. The third-order valence-corrected chi connectivity index (χ3v) is 3.67. The van der Waals surface area contributed by atoms with Crippen LogP contribution in [0.5, 0.6) is 0 Å². The van der Waals surface area contributed by atoms with Gasteiger partial charge in [0.2, 0.25) is 0 Å². The van der Waals surface area contributed by atoms with Gasteiger partial charge in [-0.25, -0.2) is 0 Å². The average molecular weight is 258 g/mol. The van der Waals surface area contributed by atoms with Crippen LogP contribution in [-0.2, 0) is 11.2 Å². The molecule has 0 saturated carbocycles. The van der Waals surface area contributed by atoms with Crippen molar-refractivity contribution in [3.63, 3.8) is 0 Å². The standard InChI is InChI=1S/C12H14N2.C4H8O/c1-10-9-11-5-2-3-6-12(11)14(10)8-4-7-13;1-2-4-3-5-4/h2-3,5-6,10H,4,8-9H2,1H3;4H,2-3H2,1H3. The van der Waals surface area contributed by atoms with Gasteiger partial charge in [0, 0.05) is 18.3 Å². The Balaban J connectivity index is 0.000000224. The molecule has 0 bridgehead atoms. The van der Waals surface area contributed by atoms with E-state index in [1.54, 1.807) is 0 Å². The molecular formula is C16H22N2O. The first-order valence-corrected chi connectivity index (χ1v) is 7.09. The fourth-order valence-electron chi connectivity index (χ4n) is 2.44. The zero-order valence-electron chi connectivity index (χ0n) is 11.8. The lowest BCUT2D eigenvalue weighted by molar-refractivity contribution is 0.403. The van der Waals surface area contributed by atoms with E-state index in [0.717, 1.165) is 19.6 Å². The van der Waals surface area contributed by atoms with Crippen molar-refractivity contribution in [1.82, 2.24) is 0 Å². The molecule has 1 saturated heterocycles. The largest absolute Gasteiger partial charge is 0.373 e. The van der Waals surface area contributed by atoms with Crippen LogP contribution >= 0.6 is 0 Å². The zero-order valence-corrected chi connectivity index (χ0v) is 11.8. The van der Waals surface area contributed by atoms with E-state index in [1.165, 1.54) is 17.7 Å². The summed E-state index contributed by atoms with van der Waals surface area (Å²) < 4.78 is 4.86. The van der Waals surface area contributed by atoms with Crippen LogP contribution in [0.2, 0.25) is 0 Å². The Morgan fingerprint density at radius 3 is 2.74 bits per heavy atom. The van der Waals surface area contributed by atoms with E-state index >= 15 is 0 Å². The van der Waals surface area contributed by atoms with Crippen molar-refractivity contribution in [1.29, 1.82) is 5.26 Å². The number of anilines is 1. The smallest absolute Gasteiger partial charge is 0.0807 e. The van der Waals surface area contributed by atoms with Gasteiger partial charge in [-0.3, -0.25) is 0 Å². The van der Waals surface area contributed by atoms with E-state index in [2.05, 4.69) is 49.1 Å². The first-order chi connectivity index (χ1) is 9.26. The molecule has 1 aromatic rings. The fourth-order valence-corrected chi connectivity index (χ4v) is 2.44. The molecule has 2 heterocycles. The zero-order chi connectivity index (χ0) is 13.7. The number of nitriles is 1. The molecular weight excluding hydrogens is 236 g/mol. The molecule has 2 atom stereocenters. The second-order valence-corrected chi connectivity index (χ2v) is 5.15. The van der Waals surface area contributed by atoms with Gasteiger partial charge in [-0.05, 0) is 31.4 Å². The van der Waals surface area contributed by atoms with Gasteiger partial charge in [-0.2, -0.15) is 5.26 Å². The van der Waals surface area contributed by atoms with E-state index in [-0.39, 0.29) is 0 Å². The van der Waals surface area contributed by atoms with Gasteiger partial charge in [0.15, 0.2) is 0 Å². The molecule has 1 aromatic carbocycles. The van der Waals surface area contributed by atoms with E-state index in [0.29, 0.717) is 18.6 Å². The molecule has 0 aliphatic carbocycles. The Morgan fingerprint density at radius 2 is 2.16 bits per heavy atom. The molecule has 0 amide bonds. The van der Waals surface area contributed by atoms with Crippen LogP contribution in [0, 0.1) is 11.3 Å². The highest BCUT2D eigenvalue weighted by atomic mass is 16.6. The Labute approximate surface area is 115 Å². The maximum absolute atomic E-state index is 8.58. The van der Waals surface area contributed by atoms with Crippen molar-refractivity contribution < 1.29 is 4.74 Å². The Morgan fingerprint density at radius 1 is 1.42 bits per heavy atom. The number of epoxide rings is 1. The number of para-hydroxylation sites is 1. The Kier molecular flexibility index (Phi) is 4.81. The van der Waals surface area contributed by atoms with E-state index in [4.69, 9.17) is 10.00 Å². The monoisotopic (exact) mass is 258 g/mol. The number of fused-ring (bicyclic) bond motifs is 1. The summed E-state index contributed by atoms with van der Waals surface area (Å²) in [6.45, 7) is 6.22. The van der Waals surface area contributed by atoms with Gasteiger partial charge >= 0.3 is 0 Å². The van der Waals surface area contributed by atoms with E-state index in [1.807, 2.05) is 0 Å². The summed E-state index contributed by atoms with van der Waals surface area (Å²) in [5.74, 6) is 0. The summed E-state index contributed by atoms with van der Waals surface area (Å²) >= 11 is 0. The van der Waals surface area contributed by atoms with Crippen LogP contribution in [0.1, 0.15) is 32.3 Å². The highest BCUT2D eigenvalue weighted by Crippen LogP contribution is 2.31. The minimum atomic E-state index is 0.542. The molecule has 102 valence electrons. The first-order valence-electron chi connectivity index (χ1n) is 7.09. The van der Waals surface area contributed by atoms with Gasteiger partial charge < -0.3 is 9.64 Å². The van der Waals surface area contributed by atoms with Gasteiger partial charge in [0.25, 0.3) is 0 Å². The van der Waals surface area contributed by atoms with Crippen molar-refractivity contribution in [2.45, 2.75) is 45.3 Å². The lowest BCUT2D eigenvalue weighted by Crippen LogP contribution is -2.29. The van der Waals surface area contributed by atoms with Gasteiger partial charge in [-0.15, -0.1) is 0 Å². The summed E-state index contributed by atoms with van der Waals surface area (Å²) in [5, 5.41) is 8.58. The van der Waals surface area contributed by atoms with Crippen molar-refractivity contribution in [3.05, 3.63) is 29.8 Å². The molecule has 3 rings (SSSR count). The Bertz CT molecular complexity index is 448. The Hall–Kier alpha value is -1.53. The molecule has 0 spiro atoms. The number of nitrogens with zero attached hydrogens (tertiary/aromatic N) is 2. The second kappa shape index (κ2) is 6.58. The summed E-state index contributed by atoms with van der Waals surface area (Å²) in [4.78, 5) is 2.33. The SMILES string of the molecule is CC1Cc2ccccc2N1CCC#N.CCC1CO1. The number of rotatable bonds is 3. The van der Waals surface area contributed by atoms with Crippen molar-refractivity contribution in [3.8, 4) is 6.07 Å². The number of hydrogen-bond acceptors (Lipinski definition) is 3. The molecule has 1 fully saturated rings. The lowest BCUT2D eigenvalue weighted by atomic mass is 10.1. The number of ether oxygens (including phenoxy) is 1. The normalized spacial score (nSPS) is 23.1. The predicted octanol–water partition coefficient (Wildman–Crippen LogP) is 3.15. The van der Waals surface area contributed by atoms with Crippen LogP contribution in [0.25, 0.3) is 0 Å². The number of hydrogen-bond donors (Lipinski definition) is 0. The molecule has 0 aromatic heterocycles. The second-order valence-electron chi connectivity index (χ2n) is 5.15. The maximum Gasteiger partial charge on any atom is 0.0807 e. The topological polar surface area (TPSA) is 39.6 Å². The third kappa shape index (κ3) is 3.71. The van der Waals surface area contributed by atoms with Crippen molar-refractivity contribution in [2.24, 2.45) is 0 Å². The van der Waals surface area contributed by atoms with Gasteiger partial charge in [0.05, 0.1) is 25.2 Å². The highest BCUT2D eigenvalue weighted by molar-refractivity contribution is 5.59. The molecule has 2 aliphatic rings. The highest BCUT2D eigenvalue weighted by Gasteiger charge is 2.24. The molecule has 0 N–H and O–H groups in total. The van der Waals surface area contributed by atoms with Crippen molar-refractivity contribution in [2.75, 3.05) is 18.1 Å². The number of benzene rings is 1. The summed E-state index contributed by atoms with van der Waals surface area (Å²) in [5.41, 5.74) is 2.73. The van der Waals surface area contributed by atoms with Crippen molar-refractivity contribution >= 4 is 5.69 Å². The molecule has 19 heavy (non-hydrogen) atoms. The average Bonchev–Trinajstić information content (AvgIpc) is 3.21. The first kappa shape index (κ1) is 13.9. The predicted molar refractivity (Wildman–Crippen MR) is 77.2 cm³/mol. The van der Waals surface area contributed by atoms with E-state index < -0.39 is 0 Å². The van der Waals surface area contributed by atoms with E-state index in [9.17, 15) is 0 Å². The summed E-state index contributed by atoms with van der Waals surface area (Å²) in [7, 11) is 0. The molecule has 2 aliphatic heterocycles. The quantitative estimate of drug-likeness (QED) is 0.782. The van der Waals surface area contributed by atoms with Gasteiger partial charge in [0.1, 0.15) is 0 Å². The maximum atomic E-state index is 8.58. The van der Waals surface area contributed by atoms with Crippen LogP contribution in [-0.4, -0.2) is 25.3 Å². The molecule has 3 heteroatoms. The fraction of sp³-hybridized carbons (Fsp3) is 0.562. The summed E-state index contributed by atoms with van der Waals surface area (Å²) in [6.07, 6.45) is 3.55. The summed E-state index contributed by atoms with van der Waals surface area (Å²) in [6, 6.07) is 11.2. The van der Waals surface area contributed by atoms with Crippen LogP contribution in [0.3, 0.4) is 0 Å². The van der Waals surface area contributed by atoms with Crippen LogP contribution in [0.4, 0.5) is 5.69 Å². The molecule has 2 unspecified atom stereocenters. The molecule has 0 radical (unpaired) electrons. The minimum Gasteiger partial charge on any atom is -0.373 e. The van der Waals surface area contributed by atoms with Gasteiger partial charge in [-0.1, -0.05) is 25.1 Å². The van der Waals surface area contributed by atoms with Crippen LogP contribution in [0.15, 0.2) is 24.3 Å². The third-order valence-electron chi connectivity index (χ3n) is 3.67. The lowest BCUT2D eigenvalue weighted by Gasteiger charge is -2.23.